The zero-order chi connectivity index (χ0) is 18.0. The molecule has 0 bridgehead atoms. The van der Waals surface area contributed by atoms with Crippen LogP contribution in [0.1, 0.15) is 5.56 Å². The Bertz CT molecular complexity index is 932. The van der Waals surface area contributed by atoms with Gasteiger partial charge in [-0.1, -0.05) is 18.2 Å². The molecule has 0 fully saturated rings. The van der Waals surface area contributed by atoms with Crippen LogP contribution in [-0.4, -0.2) is 15.0 Å². The second-order valence-electron chi connectivity index (χ2n) is 5.14. The summed E-state index contributed by atoms with van der Waals surface area (Å²) in [5.41, 5.74) is 11.7. The molecule has 6 nitrogen and oxygen atoms in total. The number of nitrogen functional groups attached to an aromatic ring is 2. The van der Waals surface area contributed by atoms with Crippen LogP contribution in [0.3, 0.4) is 0 Å². The summed E-state index contributed by atoms with van der Waals surface area (Å²) in [6.45, 7) is 0.100. The minimum atomic E-state index is -1.09. The van der Waals surface area contributed by atoms with Gasteiger partial charge in [0.1, 0.15) is 5.82 Å². The Hall–Kier alpha value is -3.36. The van der Waals surface area contributed by atoms with Crippen LogP contribution in [0.25, 0.3) is 11.4 Å². The summed E-state index contributed by atoms with van der Waals surface area (Å²) in [6, 6.07) is 7.89. The Kier molecular flexibility index (Phi) is 4.38. The predicted molar refractivity (Wildman–Crippen MR) is 87.7 cm³/mol. The van der Waals surface area contributed by atoms with Gasteiger partial charge in [-0.2, -0.15) is 15.0 Å². The minimum absolute atomic E-state index is 0.0278. The molecule has 5 N–H and O–H groups in total. The summed E-state index contributed by atoms with van der Waals surface area (Å²) < 4.78 is 40.3. The maximum absolute atomic E-state index is 13.6. The van der Waals surface area contributed by atoms with E-state index in [1.807, 2.05) is 0 Å². The van der Waals surface area contributed by atoms with E-state index in [2.05, 4.69) is 20.3 Å². The van der Waals surface area contributed by atoms with Crippen molar-refractivity contribution in [2.45, 2.75) is 6.54 Å². The molecule has 0 saturated carbocycles. The van der Waals surface area contributed by atoms with Gasteiger partial charge in [0, 0.05) is 29.4 Å². The molecule has 0 radical (unpaired) electrons. The fourth-order valence-electron chi connectivity index (χ4n) is 2.16. The van der Waals surface area contributed by atoms with E-state index < -0.39 is 11.6 Å². The van der Waals surface area contributed by atoms with Crippen LogP contribution in [0.5, 0.6) is 0 Å². The number of halogens is 3. The highest BCUT2D eigenvalue weighted by molar-refractivity contribution is 5.72. The predicted octanol–water partition coefficient (Wildman–Crippen LogP) is 2.73. The second kappa shape index (κ2) is 6.63. The van der Waals surface area contributed by atoms with Crippen molar-refractivity contribution < 1.29 is 13.2 Å². The second-order valence-corrected chi connectivity index (χ2v) is 5.14. The largest absolute Gasteiger partial charge is 0.398 e. The molecule has 0 aliphatic carbocycles. The molecule has 3 rings (SSSR count). The lowest BCUT2D eigenvalue weighted by molar-refractivity contribution is 0.509. The molecule has 9 heteroatoms. The van der Waals surface area contributed by atoms with Crippen molar-refractivity contribution in [3.63, 3.8) is 0 Å². The van der Waals surface area contributed by atoms with Crippen LogP contribution in [0, 0.1) is 17.5 Å². The Morgan fingerprint density at radius 2 is 1.60 bits per heavy atom. The van der Waals surface area contributed by atoms with E-state index >= 15 is 0 Å². The topological polar surface area (TPSA) is 103 Å². The van der Waals surface area contributed by atoms with E-state index in [4.69, 9.17) is 11.5 Å². The molecular weight excluding hydrogens is 333 g/mol. The number of hydrogen-bond donors (Lipinski definition) is 3. The van der Waals surface area contributed by atoms with Crippen LogP contribution >= 0.6 is 0 Å². The minimum Gasteiger partial charge on any atom is -0.398 e. The molecule has 0 spiro atoms. The average molecular weight is 346 g/mol. The van der Waals surface area contributed by atoms with Crippen molar-refractivity contribution in [2.24, 2.45) is 0 Å². The highest BCUT2D eigenvalue weighted by Gasteiger charge is 2.14. The zero-order valence-electron chi connectivity index (χ0n) is 12.8. The van der Waals surface area contributed by atoms with E-state index in [0.717, 1.165) is 12.1 Å². The highest BCUT2D eigenvalue weighted by atomic mass is 19.2. The van der Waals surface area contributed by atoms with Crippen molar-refractivity contribution in [2.75, 3.05) is 16.8 Å². The van der Waals surface area contributed by atoms with Crippen LogP contribution in [0.4, 0.5) is 30.8 Å². The Balaban J connectivity index is 1.91. The van der Waals surface area contributed by atoms with E-state index in [1.54, 1.807) is 18.2 Å². The van der Waals surface area contributed by atoms with Gasteiger partial charge in [-0.3, -0.25) is 0 Å². The smallest absolute Gasteiger partial charge is 0.228 e. The molecule has 0 saturated heterocycles. The first kappa shape index (κ1) is 16.5. The van der Waals surface area contributed by atoms with Gasteiger partial charge in [-0.15, -0.1) is 0 Å². The third kappa shape index (κ3) is 3.60. The maximum Gasteiger partial charge on any atom is 0.228 e. The number of anilines is 3. The SMILES string of the molecule is Nc1nc(NCc2ccccc2F)nc(-c2cc(F)c(F)cc2N)n1. The summed E-state index contributed by atoms with van der Waals surface area (Å²) in [6.07, 6.45) is 0. The van der Waals surface area contributed by atoms with Crippen LogP contribution < -0.4 is 16.8 Å². The molecule has 2 aromatic carbocycles. The molecule has 3 aromatic rings. The Morgan fingerprint density at radius 1 is 0.880 bits per heavy atom. The Morgan fingerprint density at radius 3 is 2.36 bits per heavy atom. The third-order valence-corrected chi connectivity index (χ3v) is 3.38. The number of benzene rings is 2. The fraction of sp³-hybridized carbons (Fsp3) is 0.0625. The number of nitrogens with two attached hydrogens (primary N) is 2. The van der Waals surface area contributed by atoms with Crippen LogP contribution in [-0.2, 0) is 6.54 Å². The molecule has 128 valence electrons. The number of rotatable bonds is 4. The first-order chi connectivity index (χ1) is 11.9. The molecule has 0 aliphatic heterocycles. The van der Waals surface area contributed by atoms with Crippen molar-refractivity contribution in [3.8, 4) is 11.4 Å². The summed E-state index contributed by atoms with van der Waals surface area (Å²) in [5, 5.41) is 2.81. The van der Waals surface area contributed by atoms with Crippen molar-refractivity contribution in [1.29, 1.82) is 0 Å². The van der Waals surface area contributed by atoms with E-state index in [9.17, 15) is 13.2 Å². The van der Waals surface area contributed by atoms with E-state index in [0.29, 0.717) is 5.56 Å². The Labute approximate surface area is 140 Å². The van der Waals surface area contributed by atoms with Crippen LogP contribution in [0.2, 0.25) is 0 Å². The van der Waals surface area contributed by atoms with Gasteiger partial charge in [-0.25, -0.2) is 13.2 Å². The van der Waals surface area contributed by atoms with Gasteiger partial charge >= 0.3 is 0 Å². The molecular formula is C16H13F3N6. The van der Waals surface area contributed by atoms with Crippen LogP contribution in [0.15, 0.2) is 36.4 Å². The fourth-order valence-corrected chi connectivity index (χ4v) is 2.16. The van der Waals surface area contributed by atoms with Gasteiger partial charge in [0.15, 0.2) is 17.5 Å². The van der Waals surface area contributed by atoms with Gasteiger partial charge in [0.2, 0.25) is 11.9 Å². The lowest BCUT2D eigenvalue weighted by Crippen LogP contribution is -2.09. The monoisotopic (exact) mass is 346 g/mol. The van der Waals surface area contributed by atoms with Crippen molar-refractivity contribution in [1.82, 2.24) is 15.0 Å². The first-order valence-electron chi connectivity index (χ1n) is 7.18. The molecule has 0 unspecified atom stereocenters. The summed E-state index contributed by atoms with van der Waals surface area (Å²) in [4.78, 5) is 11.8. The number of hydrogen-bond acceptors (Lipinski definition) is 6. The van der Waals surface area contributed by atoms with Crippen molar-refractivity contribution >= 4 is 17.6 Å². The van der Waals surface area contributed by atoms with E-state index in [1.165, 1.54) is 6.07 Å². The molecule has 0 aliphatic rings. The van der Waals surface area contributed by atoms with Crippen molar-refractivity contribution in [3.05, 3.63) is 59.4 Å². The number of aromatic nitrogens is 3. The molecule has 1 aromatic heterocycles. The lowest BCUT2D eigenvalue weighted by atomic mass is 10.1. The first-order valence-corrected chi connectivity index (χ1v) is 7.18. The summed E-state index contributed by atoms with van der Waals surface area (Å²) in [7, 11) is 0. The lowest BCUT2D eigenvalue weighted by Gasteiger charge is -2.09. The maximum atomic E-state index is 13.6. The third-order valence-electron chi connectivity index (χ3n) is 3.38. The highest BCUT2D eigenvalue weighted by Crippen LogP contribution is 2.26. The normalized spacial score (nSPS) is 10.7. The molecule has 25 heavy (non-hydrogen) atoms. The zero-order valence-corrected chi connectivity index (χ0v) is 12.8. The summed E-state index contributed by atoms with van der Waals surface area (Å²) >= 11 is 0. The van der Waals surface area contributed by atoms with Gasteiger partial charge < -0.3 is 16.8 Å². The summed E-state index contributed by atoms with van der Waals surface area (Å²) in [5.74, 6) is -2.69. The van der Waals surface area contributed by atoms with Gasteiger partial charge in [0.25, 0.3) is 0 Å². The molecule has 0 amide bonds. The van der Waals surface area contributed by atoms with Gasteiger partial charge in [-0.05, 0) is 12.1 Å². The molecule has 1 heterocycles. The van der Waals surface area contributed by atoms with E-state index in [-0.39, 0.29) is 41.3 Å². The number of nitrogens with zero attached hydrogens (tertiary/aromatic N) is 3. The van der Waals surface area contributed by atoms with Gasteiger partial charge in [0.05, 0.1) is 0 Å². The average Bonchev–Trinajstić information content (AvgIpc) is 2.57. The quantitative estimate of drug-likeness (QED) is 0.628. The number of nitrogens with one attached hydrogen (secondary N) is 1. The molecule has 0 atom stereocenters. The standard InChI is InChI=1S/C16H13F3N6/c17-10-4-2-1-3-8(10)7-22-16-24-14(23-15(21)25-16)9-5-11(18)12(19)6-13(9)20/h1-6H,7,20H2,(H3,21,22,23,24,25).